The lowest BCUT2D eigenvalue weighted by atomic mass is 10.2. The molecule has 2 aromatic heterocycles. The molecule has 4 heteroatoms. The maximum atomic E-state index is 5.47. The Morgan fingerprint density at radius 2 is 2.17 bits per heavy atom. The highest BCUT2D eigenvalue weighted by atomic mass is 32.1. The molecule has 3 nitrogen and oxygen atoms in total. The SMILES string of the molecule is Cc1ccc2c(c1)[nH]c(=S)n2C(C)c1ccco1. The Morgan fingerprint density at radius 1 is 1.33 bits per heavy atom. The van der Waals surface area contributed by atoms with Crippen molar-refractivity contribution >= 4 is 23.3 Å². The van der Waals surface area contributed by atoms with Crippen LogP contribution in [-0.4, -0.2) is 9.55 Å². The van der Waals surface area contributed by atoms with E-state index in [1.54, 1.807) is 6.26 Å². The molecular weight excluding hydrogens is 244 g/mol. The molecule has 0 aliphatic rings. The fourth-order valence-electron chi connectivity index (χ4n) is 2.29. The van der Waals surface area contributed by atoms with Crippen LogP contribution in [0.15, 0.2) is 41.0 Å². The van der Waals surface area contributed by atoms with Gasteiger partial charge in [0.2, 0.25) is 0 Å². The van der Waals surface area contributed by atoms with Crippen LogP contribution >= 0.6 is 12.2 Å². The topological polar surface area (TPSA) is 33.9 Å². The molecule has 18 heavy (non-hydrogen) atoms. The fraction of sp³-hybridized carbons (Fsp3) is 0.214. The molecule has 0 fully saturated rings. The van der Waals surface area contributed by atoms with Crippen molar-refractivity contribution in [3.05, 3.63) is 52.7 Å². The van der Waals surface area contributed by atoms with Gasteiger partial charge in [-0.25, -0.2) is 0 Å². The van der Waals surface area contributed by atoms with E-state index in [1.165, 1.54) is 5.56 Å². The predicted molar refractivity (Wildman–Crippen MR) is 74.4 cm³/mol. The molecule has 3 rings (SSSR count). The number of imidazole rings is 1. The molecule has 0 saturated carbocycles. The summed E-state index contributed by atoms with van der Waals surface area (Å²) in [6, 6.07) is 10.3. The van der Waals surface area contributed by atoms with Gasteiger partial charge in [0, 0.05) is 0 Å². The van der Waals surface area contributed by atoms with Gasteiger partial charge in [-0.05, 0) is 55.9 Å². The number of nitrogens with one attached hydrogen (secondary N) is 1. The largest absolute Gasteiger partial charge is 0.467 e. The summed E-state index contributed by atoms with van der Waals surface area (Å²) in [5.74, 6) is 0.910. The van der Waals surface area contributed by atoms with Gasteiger partial charge in [-0.2, -0.15) is 0 Å². The van der Waals surface area contributed by atoms with Crippen LogP contribution in [0.3, 0.4) is 0 Å². The molecule has 1 N–H and O–H groups in total. The Bertz CT molecular complexity index is 737. The van der Waals surface area contributed by atoms with E-state index >= 15 is 0 Å². The molecule has 1 aromatic carbocycles. The van der Waals surface area contributed by atoms with Gasteiger partial charge in [-0.15, -0.1) is 0 Å². The maximum Gasteiger partial charge on any atom is 0.178 e. The summed E-state index contributed by atoms with van der Waals surface area (Å²) in [7, 11) is 0. The Morgan fingerprint density at radius 3 is 2.89 bits per heavy atom. The first-order chi connectivity index (χ1) is 8.66. The van der Waals surface area contributed by atoms with Gasteiger partial charge in [-0.1, -0.05) is 6.07 Å². The maximum absolute atomic E-state index is 5.47. The van der Waals surface area contributed by atoms with Crippen LogP contribution in [0.25, 0.3) is 11.0 Å². The third kappa shape index (κ3) is 1.69. The van der Waals surface area contributed by atoms with E-state index in [0.717, 1.165) is 21.6 Å². The van der Waals surface area contributed by atoms with E-state index in [2.05, 4.69) is 41.6 Å². The molecule has 0 aliphatic carbocycles. The van der Waals surface area contributed by atoms with E-state index in [0.29, 0.717) is 0 Å². The molecule has 2 heterocycles. The predicted octanol–water partition coefficient (Wildman–Crippen LogP) is 4.21. The Kier molecular flexibility index (Phi) is 2.59. The number of aromatic nitrogens is 2. The number of rotatable bonds is 2. The number of benzene rings is 1. The van der Waals surface area contributed by atoms with Crippen molar-refractivity contribution in [3.8, 4) is 0 Å². The van der Waals surface area contributed by atoms with Crippen LogP contribution in [-0.2, 0) is 0 Å². The third-order valence-electron chi connectivity index (χ3n) is 3.21. The molecule has 0 amide bonds. The minimum atomic E-state index is 0.0870. The highest BCUT2D eigenvalue weighted by molar-refractivity contribution is 7.71. The highest BCUT2D eigenvalue weighted by Crippen LogP contribution is 2.25. The van der Waals surface area contributed by atoms with Crippen molar-refractivity contribution in [3.63, 3.8) is 0 Å². The Labute approximate surface area is 110 Å². The number of furan rings is 1. The number of H-pyrrole nitrogens is 1. The third-order valence-corrected chi connectivity index (χ3v) is 3.51. The normalized spacial score (nSPS) is 13.0. The van der Waals surface area contributed by atoms with Gasteiger partial charge < -0.3 is 14.0 Å². The first-order valence-corrected chi connectivity index (χ1v) is 6.32. The molecular formula is C14H14N2OS. The lowest BCUT2D eigenvalue weighted by molar-refractivity contribution is 0.449. The van der Waals surface area contributed by atoms with E-state index in [1.807, 2.05) is 12.1 Å². The summed E-state index contributed by atoms with van der Waals surface area (Å²) >= 11 is 5.41. The van der Waals surface area contributed by atoms with Crippen molar-refractivity contribution in [2.75, 3.05) is 0 Å². The lowest BCUT2D eigenvalue weighted by Gasteiger charge is -2.11. The van der Waals surface area contributed by atoms with Gasteiger partial charge in [-0.3, -0.25) is 0 Å². The summed E-state index contributed by atoms with van der Waals surface area (Å²) in [6.45, 7) is 4.16. The molecule has 0 bridgehead atoms. The summed E-state index contributed by atoms with van der Waals surface area (Å²) < 4.78 is 8.27. The van der Waals surface area contributed by atoms with Crippen LogP contribution in [0.4, 0.5) is 0 Å². The molecule has 1 atom stereocenters. The fourth-order valence-corrected chi connectivity index (χ4v) is 2.65. The summed E-state index contributed by atoms with van der Waals surface area (Å²) in [6.07, 6.45) is 1.69. The van der Waals surface area contributed by atoms with Gasteiger partial charge >= 0.3 is 0 Å². The zero-order chi connectivity index (χ0) is 12.7. The van der Waals surface area contributed by atoms with Crippen LogP contribution < -0.4 is 0 Å². The first-order valence-electron chi connectivity index (χ1n) is 5.91. The van der Waals surface area contributed by atoms with Crippen LogP contribution in [0, 0.1) is 11.7 Å². The molecule has 0 saturated heterocycles. The molecule has 3 aromatic rings. The van der Waals surface area contributed by atoms with Crippen molar-refractivity contribution in [1.29, 1.82) is 0 Å². The number of aryl methyl sites for hydroxylation is 1. The standard InChI is InChI=1S/C14H14N2OS/c1-9-5-6-12-11(8-9)15-14(18)16(12)10(2)13-4-3-7-17-13/h3-8,10H,1-2H3,(H,15,18). The molecule has 0 aliphatic heterocycles. The van der Waals surface area contributed by atoms with Gasteiger partial charge in [0.1, 0.15) is 5.76 Å². The monoisotopic (exact) mass is 258 g/mol. The lowest BCUT2D eigenvalue weighted by Crippen LogP contribution is -2.05. The summed E-state index contributed by atoms with van der Waals surface area (Å²) in [5, 5.41) is 0. The number of nitrogens with zero attached hydrogens (tertiary/aromatic N) is 1. The van der Waals surface area contributed by atoms with Gasteiger partial charge in [0.05, 0.1) is 23.3 Å². The second-order valence-electron chi connectivity index (χ2n) is 4.51. The quantitative estimate of drug-likeness (QED) is 0.699. The Hall–Kier alpha value is -1.81. The minimum absolute atomic E-state index is 0.0870. The zero-order valence-corrected chi connectivity index (χ0v) is 11.1. The van der Waals surface area contributed by atoms with E-state index in [-0.39, 0.29) is 6.04 Å². The average molecular weight is 258 g/mol. The first kappa shape index (κ1) is 11.3. The second kappa shape index (κ2) is 4.14. The smallest absolute Gasteiger partial charge is 0.178 e. The number of hydrogen-bond acceptors (Lipinski definition) is 2. The van der Waals surface area contributed by atoms with Crippen LogP contribution in [0.1, 0.15) is 24.3 Å². The van der Waals surface area contributed by atoms with E-state index < -0.39 is 0 Å². The second-order valence-corrected chi connectivity index (χ2v) is 4.90. The number of hydrogen-bond donors (Lipinski definition) is 1. The zero-order valence-electron chi connectivity index (χ0n) is 10.3. The van der Waals surface area contributed by atoms with E-state index in [4.69, 9.17) is 16.6 Å². The van der Waals surface area contributed by atoms with Crippen molar-refractivity contribution in [1.82, 2.24) is 9.55 Å². The Balaban J connectivity index is 2.23. The number of aromatic amines is 1. The van der Waals surface area contributed by atoms with Gasteiger partial charge in [0.25, 0.3) is 0 Å². The van der Waals surface area contributed by atoms with Crippen molar-refractivity contribution in [2.24, 2.45) is 0 Å². The average Bonchev–Trinajstić information content (AvgIpc) is 2.94. The molecule has 1 unspecified atom stereocenters. The minimum Gasteiger partial charge on any atom is -0.467 e. The van der Waals surface area contributed by atoms with Crippen LogP contribution in [0.2, 0.25) is 0 Å². The van der Waals surface area contributed by atoms with Crippen molar-refractivity contribution < 1.29 is 4.42 Å². The van der Waals surface area contributed by atoms with Crippen molar-refractivity contribution in [2.45, 2.75) is 19.9 Å². The van der Waals surface area contributed by atoms with Gasteiger partial charge in [0.15, 0.2) is 4.77 Å². The highest BCUT2D eigenvalue weighted by Gasteiger charge is 2.14. The molecule has 92 valence electrons. The van der Waals surface area contributed by atoms with E-state index in [9.17, 15) is 0 Å². The molecule has 0 radical (unpaired) electrons. The molecule has 0 spiro atoms. The van der Waals surface area contributed by atoms with Crippen LogP contribution in [0.5, 0.6) is 0 Å². The summed E-state index contributed by atoms with van der Waals surface area (Å²) in [4.78, 5) is 3.25. The number of fused-ring (bicyclic) bond motifs is 1. The summed E-state index contributed by atoms with van der Waals surface area (Å²) in [5.41, 5.74) is 3.39.